The van der Waals surface area contributed by atoms with Crippen molar-refractivity contribution in [2.45, 2.75) is 18.2 Å². The molecule has 2 aromatic rings. The molecule has 0 aliphatic rings. The monoisotopic (exact) mass is 383 g/mol. The molecule has 0 heterocycles. The maximum atomic E-state index is 12.4. The Morgan fingerprint density at radius 3 is 2.76 bits per heavy atom. The lowest BCUT2D eigenvalue weighted by Gasteiger charge is -2.11. The third kappa shape index (κ3) is 4.50. The molecule has 2 nitrogen and oxygen atoms in total. The van der Waals surface area contributed by atoms with E-state index in [-0.39, 0.29) is 5.91 Å². The minimum absolute atomic E-state index is 0.140. The van der Waals surface area contributed by atoms with Gasteiger partial charge in [0.1, 0.15) is 0 Å². The summed E-state index contributed by atoms with van der Waals surface area (Å²) in [7, 11) is 0. The average Bonchev–Trinajstić information content (AvgIpc) is 2.48. The number of amides is 1. The van der Waals surface area contributed by atoms with Gasteiger partial charge in [-0.2, -0.15) is 0 Å². The van der Waals surface area contributed by atoms with E-state index in [9.17, 15) is 4.79 Å². The fraction of sp³-hybridized carbons (Fsp3) is 0.188. The van der Waals surface area contributed by atoms with E-state index >= 15 is 0 Å². The molecule has 110 valence electrons. The number of rotatable bonds is 5. The molecule has 0 radical (unpaired) electrons. The minimum Gasteiger partial charge on any atom is -0.321 e. The van der Waals surface area contributed by atoms with E-state index in [1.54, 1.807) is 23.9 Å². The van der Waals surface area contributed by atoms with Crippen molar-refractivity contribution in [3.05, 3.63) is 57.5 Å². The molecule has 0 aliphatic carbocycles. The summed E-state index contributed by atoms with van der Waals surface area (Å²) in [6.07, 6.45) is 1.07. The topological polar surface area (TPSA) is 29.1 Å². The van der Waals surface area contributed by atoms with E-state index < -0.39 is 0 Å². The van der Waals surface area contributed by atoms with Gasteiger partial charge in [0.15, 0.2) is 0 Å². The van der Waals surface area contributed by atoms with E-state index in [0.29, 0.717) is 16.3 Å². The molecule has 0 unspecified atom stereocenters. The molecule has 1 amide bonds. The average molecular weight is 385 g/mol. The normalized spacial score (nSPS) is 10.4. The lowest BCUT2D eigenvalue weighted by molar-refractivity contribution is 0.102. The van der Waals surface area contributed by atoms with Crippen LogP contribution in [-0.2, 0) is 0 Å². The van der Waals surface area contributed by atoms with Crippen molar-refractivity contribution < 1.29 is 4.79 Å². The summed E-state index contributed by atoms with van der Waals surface area (Å²) >= 11 is 11.2. The first-order valence-electron chi connectivity index (χ1n) is 6.60. The van der Waals surface area contributed by atoms with Crippen LogP contribution in [-0.4, -0.2) is 11.7 Å². The molecule has 0 aromatic heterocycles. The molecule has 0 fully saturated rings. The summed E-state index contributed by atoms with van der Waals surface area (Å²) in [6, 6.07) is 13.0. The Balaban J connectivity index is 2.20. The van der Waals surface area contributed by atoms with Gasteiger partial charge in [0.05, 0.1) is 16.3 Å². The summed E-state index contributed by atoms with van der Waals surface area (Å²) in [6.45, 7) is 2.12. The van der Waals surface area contributed by atoms with Crippen LogP contribution in [0.25, 0.3) is 0 Å². The second-order valence-corrected chi connectivity index (χ2v) is 6.88. The standard InChI is InChI=1S/C16H15BrClNOS/c1-2-9-21-15-6-4-3-5-12(15)16(20)19-14-8-7-11(17)10-13(14)18/h3-8,10H,2,9H2,1H3,(H,19,20). The zero-order chi connectivity index (χ0) is 15.2. The minimum atomic E-state index is -0.140. The number of anilines is 1. The Kier molecular flexibility index (Phi) is 6.15. The fourth-order valence-corrected chi connectivity index (χ4v) is 3.41. The number of halogens is 2. The predicted molar refractivity (Wildman–Crippen MR) is 94.6 cm³/mol. The Bertz CT molecular complexity index is 648. The number of carbonyl (C=O) groups is 1. The van der Waals surface area contributed by atoms with Gasteiger partial charge in [-0.1, -0.05) is 46.6 Å². The zero-order valence-electron chi connectivity index (χ0n) is 11.5. The molecule has 1 N–H and O–H groups in total. The van der Waals surface area contributed by atoms with Crippen LogP contribution in [0.5, 0.6) is 0 Å². The summed E-state index contributed by atoms with van der Waals surface area (Å²) in [5.74, 6) is 0.849. The molecule has 0 spiro atoms. The van der Waals surface area contributed by atoms with Gasteiger partial charge in [-0.25, -0.2) is 0 Å². The lowest BCUT2D eigenvalue weighted by Crippen LogP contribution is -2.13. The molecule has 2 aromatic carbocycles. The van der Waals surface area contributed by atoms with Crippen molar-refractivity contribution in [2.75, 3.05) is 11.1 Å². The first-order valence-corrected chi connectivity index (χ1v) is 8.75. The van der Waals surface area contributed by atoms with Crippen LogP contribution in [0.3, 0.4) is 0 Å². The second kappa shape index (κ2) is 7.87. The lowest BCUT2D eigenvalue weighted by atomic mass is 10.2. The van der Waals surface area contributed by atoms with E-state index in [2.05, 4.69) is 28.2 Å². The van der Waals surface area contributed by atoms with Crippen molar-refractivity contribution in [3.8, 4) is 0 Å². The quantitative estimate of drug-likeness (QED) is 0.654. The molecule has 5 heteroatoms. The van der Waals surface area contributed by atoms with Crippen molar-refractivity contribution in [2.24, 2.45) is 0 Å². The van der Waals surface area contributed by atoms with Crippen molar-refractivity contribution >= 4 is 50.9 Å². The van der Waals surface area contributed by atoms with Crippen LogP contribution < -0.4 is 5.32 Å². The Labute approximate surface area is 142 Å². The van der Waals surface area contributed by atoms with Gasteiger partial charge in [0.2, 0.25) is 0 Å². The van der Waals surface area contributed by atoms with Crippen LogP contribution in [0.2, 0.25) is 5.02 Å². The Hall–Kier alpha value is -0.970. The second-order valence-electron chi connectivity index (χ2n) is 4.42. The summed E-state index contributed by atoms with van der Waals surface area (Å²) in [5, 5.41) is 3.38. The third-order valence-corrected chi connectivity index (χ3v) is 4.86. The summed E-state index contributed by atoms with van der Waals surface area (Å²) < 4.78 is 0.879. The van der Waals surface area contributed by atoms with Gasteiger partial charge in [-0.05, 0) is 42.5 Å². The SMILES string of the molecule is CCCSc1ccccc1C(=O)Nc1ccc(Br)cc1Cl. The molecular formula is C16H15BrClNOS. The fourth-order valence-electron chi connectivity index (χ4n) is 1.77. The highest BCUT2D eigenvalue weighted by Crippen LogP contribution is 2.28. The first kappa shape index (κ1) is 16.4. The van der Waals surface area contributed by atoms with Crippen molar-refractivity contribution in [3.63, 3.8) is 0 Å². The van der Waals surface area contributed by atoms with E-state index in [4.69, 9.17) is 11.6 Å². The maximum Gasteiger partial charge on any atom is 0.256 e. The molecule has 2 rings (SSSR count). The van der Waals surface area contributed by atoms with Gasteiger partial charge in [-0.3, -0.25) is 4.79 Å². The number of hydrogen-bond donors (Lipinski definition) is 1. The first-order chi connectivity index (χ1) is 10.1. The molecule has 0 bridgehead atoms. The molecule has 0 atom stereocenters. The highest BCUT2D eigenvalue weighted by Gasteiger charge is 2.12. The third-order valence-electron chi connectivity index (χ3n) is 2.77. The molecule has 21 heavy (non-hydrogen) atoms. The number of carbonyl (C=O) groups excluding carboxylic acids is 1. The van der Waals surface area contributed by atoms with Crippen LogP contribution >= 0.6 is 39.3 Å². The van der Waals surface area contributed by atoms with Crippen LogP contribution in [0.4, 0.5) is 5.69 Å². The van der Waals surface area contributed by atoms with Gasteiger partial charge >= 0.3 is 0 Å². The van der Waals surface area contributed by atoms with Crippen molar-refractivity contribution in [1.82, 2.24) is 0 Å². The highest BCUT2D eigenvalue weighted by molar-refractivity contribution is 9.10. The molecule has 0 aliphatic heterocycles. The molecular weight excluding hydrogens is 370 g/mol. The molecule has 0 saturated heterocycles. The number of hydrogen-bond acceptors (Lipinski definition) is 2. The number of benzene rings is 2. The van der Waals surface area contributed by atoms with Gasteiger partial charge in [-0.15, -0.1) is 11.8 Å². The van der Waals surface area contributed by atoms with Crippen LogP contribution in [0, 0.1) is 0 Å². The van der Waals surface area contributed by atoms with E-state index in [1.165, 1.54) is 0 Å². The smallest absolute Gasteiger partial charge is 0.256 e. The Morgan fingerprint density at radius 1 is 1.29 bits per heavy atom. The number of thioether (sulfide) groups is 1. The predicted octanol–water partition coefficient (Wildman–Crippen LogP) is 5.86. The van der Waals surface area contributed by atoms with E-state index in [1.807, 2.05) is 30.3 Å². The van der Waals surface area contributed by atoms with Crippen LogP contribution in [0.1, 0.15) is 23.7 Å². The Morgan fingerprint density at radius 2 is 2.05 bits per heavy atom. The number of nitrogens with one attached hydrogen (secondary N) is 1. The van der Waals surface area contributed by atoms with Crippen molar-refractivity contribution in [1.29, 1.82) is 0 Å². The van der Waals surface area contributed by atoms with Gasteiger partial charge < -0.3 is 5.32 Å². The maximum absolute atomic E-state index is 12.4. The summed E-state index contributed by atoms with van der Waals surface area (Å²) in [5.41, 5.74) is 1.29. The van der Waals surface area contributed by atoms with Gasteiger partial charge in [0.25, 0.3) is 5.91 Å². The molecule has 0 saturated carbocycles. The highest BCUT2D eigenvalue weighted by atomic mass is 79.9. The van der Waals surface area contributed by atoms with E-state index in [0.717, 1.165) is 21.5 Å². The zero-order valence-corrected chi connectivity index (χ0v) is 14.7. The largest absolute Gasteiger partial charge is 0.321 e. The van der Waals surface area contributed by atoms with Gasteiger partial charge in [0, 0.05) is 9.37 Å². The summed E-state index contributed by atoms with van der Waals surface area (Å²) in [4.78, 5) is 13.4. The van der Waals surface area contributed by atoms with Crippen LogP contribution in [0.15, 0.2) is 51.8 Å².